The molecule has 0 radical (unpaired) electrons. The third-order valence-corrected chi connectivity index (χ3v) is 5.10. The number of halogens is 3. The minimum absolute atomic E-state index is 0.0152. The number of aliphatic hydroxyl groups excluding tert-OH is 1. The fourth-order valence-corrected chi connectivity index (χ4v) is 3.44. The summed E-state index contributed by atoms with van der Waals surface area (Å²) in [7, 11) is 1.34. The monoisotopic (exact) mass is 422 g/mol. The predicted molar refractivity (Wildman–Crippen MR) is 103 cm³/mol. The summed E-state index contributed by atoms with van der Waals surface area (Å²) in [6, 6.07) is 4.38. The first-order valence-electron chi connectivity index (χ1n) is 9.19. The topological polar surface area (TPSA) is 87.9 Å². The first kappa shape index (κ1) is 21.7. The molecule has 1 aromatic heterocycles. The molecule has 0 bridgehead atoms. The summed E-state index contributed by atoms with van der Waals surface area (Å²) >= 11 is 0. The lowest BCUT2D eigenvalue weighted by atomic mass is 9.97. The zero-order chi connectivity index (χ0) is 22.1. The van der Waals surface area contributed by atoms with Crippen molar-refractivity contribution in [2.75, 3.05) is 20.3 Å². The number of rotatable bonds is 4. The number of carbonyl (C=O) groups is 1. The molecule has 1 N–H and O–H groups in total. The Morgan fingerprint density at radius 1 is 1.33 bits per heavy atom. The number of benzene rings is 1. The number of oxime groups is 1. The maximum Gasteiger partial charge on any atom is 0.434 e. The van der Waals surface area contributed by atoms with E-state index in [1.54, 1.807) is 32.0 Å². The highest BCUT2D eigenvalue weighted by molar-refractivity contribution is 5.98. The summed E-state index contributed by atoms with van der Waals surface area (Å²) in [5.41, 5.74) is 0.972. The van der Waals surface area contributed by atoms with Crippen LogP contribution in [-0.2, 0) is 11.0 Å². The van der Waals surface area contributed by atoms with Crippen LogP contribution in [0.2, 0.25) is 0 Å². The number of aromatic nitrogens is 2. The second-order valence-corrected chi connectivity index (χ2v) is 7.01. The molecule has 0 saturated carbocycles. The molecule has 1 saturated heterocycles. The molecule has 1 aliphatic heterocycles. The molecule has 1 amide bonds. The minimum atomic E-state index is -4.78. The molecule has 3 rings (SSSR count). The largest absolute Gasteiger partial charge is 0.434 e. The normalized spacial score (nSPS) is 18.2. The van der Waals surface area contributed by atoms with Crippen molar-refractivity contribution in [2.24, 2.45) is 5.16 Å². The second-order valence-electron chi connectivity index (χ2n) is 7.01. The Balaban J connectivity index is 2.05. The number of carbonyl (C=O) groups excluding carboxylic acids is 1. The molecule has 2 aromatic rings. The average molecular weight is 422 g/mol. The number of likely N-dealkylation sites (tertiary alicyclic amines) is 1. The average Bonchev–Trinajstić information content (AvgIpc) is 3.12. The number of aliphatic hydroxyl groups is 1. The van der Waals surface area contributed by atoms with Crippen LogP contribution in [0.25, 0.3) is 11.1 Å². The maximum absolute atomic E-state index is 13.8. The van der Waals surface area contributed by atoms with Gasteiger partial charge in [-0.25, -0.2) is 9.97 Å². The smallest absolute Gasteiger partial charge is 0.399 e. The third kappa shape index (κ3) is 4.13. The fraction of sp³-hybridized carbons (Fsp3) is 0.400. The summed E-state index contributed by atoms with van der Waals surface area (Å²) in [5, 5.41) is 13.3. The van der Waals surface area contributed by atoms with Crippen molar-refractivity contribution in [1.29, 1.82) is 0 Å². The molecule has 10 heteroatoms. The number of nitrogens with zero attached hydrogens (tertiary/aromatic N) is 4. The van der Waals surface area contributed by atoms with Gasteiger partial charge in [0.2, 0.25) is 5.82 Å². The van der Waals surface area contributed by atoms with Crippen molar-refractivity contribution in [2.45, 2.75) is 32.5 Å². The Hall–Kier alpha value is -3.01. The molecule has 7 nitrogen and oxygen atoms in total. The van der Waals surface area contributed by atoms with Crippen LogP contribution >= 0.6 is 0 Å². The summed E-state index contributed by atoms with van der Waals surface area (Å²) in [6.45, 7) is 3.16. The van der Waals surface area contributed by atoms with Crippen LogP contribution < -0.4 is 0 Å². The molecule has 2 heterocycles. The molecule has 1 atom stereocenters. The van der Waals surface area contributed by atoms with Gasteiger partial charge in [-0.15, -0.1) is 0 Å². The van der Waals surface area contributed by atoms with Crippen LogP contribution in [0.4, 0.5) is 13.2 Å². The highest BCUT2D eigenvalue weighted by Crippen LogP contribution is 2.37. The van der Waals surface area contributed by atoms with Gasteiger partial charge >= 0.3 is 6.18 Å². The first-order chi connectivity index (χ1) is 14.2. The predicted octanol–water partition coefficient (Wildman–Crippen LogP) is 2.99. The highest BCUT2D eigenvalue weighted by Gasteiger charge is 2.39. The fourth-order valence-electron chi connectivity index (χ4n) is 3.44. The van der Waals surface area contributed by atoms with E-state index in [1.165, 1.54) is 12.0 Å². The lowest BCUT2D eigenvalue weighted by molar-refractivity contribution is -0.140. The summed E-state index contributed by atoms with van der Waals surface area (Å²) < 4.78 is 41.4. The number of hydrogen-bond donors (Lipinski definition) is 1. The Bertz CT molecular complexity index is 992. The van der Waals surface area contributed by atoms with Gasteiger partial charge in [-0.2, -0.15) is 13.2 Å². The summed E-state index contributed by atoms with van der Waals surface area (Å²) in [6.07, 6.45) is -3.50. The third-order valence-electron chi connectivity index (χ3n) is 5.10. The van der Waals surface area contributed by atoms with E-state index in [2.05, 4.69) is 15.1 Å². The van der Waals surface area contributed by atoms with Crippen LogP contribution in [0.15, 0.2) is 29.6 Å². The van der Waals surface area contributed by atoms with Gasteiger partial charge in [0.15, 0.2) is 5.69 Å². The molecule has 160 valence electrons. The van der Waals surface area contributed by atoms with Crippen molar-refractivity contribution in [1.82, 2.24) is 14.9 Å². The zero-order valence-corrected chi connectivity index (χ0v) is 16.7. The number of amides is 1. The quantitative estimate of drug-likeness (QED) is 0.766. The Morgan fingerprint density at radius 3 is 2.70 bits per heavy atom. The van der Waals surface area contributed by atoms with Gasteiger partial charge in [0.05, 0.1) is 24.9 Å². The van der Waals surface area contributed by atoms with E-state index in [0.717, 1.165) is 11.8 Å². The van der Waals surface area contributed by atoms with Gasteiger partial charge < -0.3 is 14.8 Å². The molecular formula is C20H21F3N4O3. The zero-order valence-electron chi connectivity index (χ0n) is 16.7. The van der Waals surface area contributed by atoms with Gasteiger partial charge in [0.1, 0.15) is 7.11 Å². The SMILES string of the molecule is CON=C1CC(CO)N(C(=O)c2ncc(-c3cccc(C)c3C)c(C(F)(F)F)n2)C1. The van der Waals surface area contributed by atoms with Crippen molar-refractivity contribution < 1.29 is 27.9 Å². The summed E-state index contributed by atoms with van der Waals surface area (Å²) in [4.78, 5) is 26.3. The Kier molecular flexibility index (Phi) is 6.06. The van der Waals surface area contributed by atoms with E-state index in [9.17, 15) is 23.1 Å². The molecule has 1 aromatic carbocycles. The van der Waals surface area contributed by atoms with E-state index >= 15 is 0 Å². The van der Waals surface area contributed by atoms with Crippen LogP contribution in [-0.4, -0.2) is 57.9 Å². The van der Waals surface area contributed by atoms with Crippen molar-refractivity contribution >= 4 is 11.6 Å². The summed E-state index contributed by atoms with van der Waals surface area (Å²) in [5.74, 6) is -1.40. The molecule has 1 aliphatic rings. The minimum Gasteiger partial charge on any atom is -0.399 e. The van der Waals surface area contributed by atoms with E-state index in [4.69, 9.17) is 4.84 Å². The van der Waals surface area contributed by atoms with Gasteiger partial charge in [0.25, 0.3) is 5.91 Å². The molecular weight excluding hydrogens is 401 g/mol. The van der Waals surface area contributed by atoms with Gasteiger partial charge in [-0.3, -0.25) is 4.79 Å². The number of hydrogen-bond acceptors (Lipinski definition) is 6. The van der Waals surface area contributed by atoms with Gasteiger partial charge in [-0.1, -0.05) is 23.4 Å². The molecule has 0 spiro atoms. The van der Waals surface area contributed by atoms with Crippen molar-refractivity contribution in [3.8, 4) is 11.1 Å². The number of alkyl halides is 3. The van der Waals surface area contributed by atoms with E-state index in [0.29, 0.717) is 16.8 Å². The van der Waals surface area contributed by atoms with Gasteiger partial charge in [-0.05, 0) is 30.5 Å². The van der Waals surface area contributed by atoms with E-state index < -0.39 is 29.6 Å². The first-order valence-corrected chi connectivity index (χ1v) is 9.19. The molecule has 0 aliphatic carbocycles. The van der Waals surface area contributed by atoms with Crippen LogP contribution in [0.5, 0.6) is 0 Å². The molecule has 1 unspecified atom stereocenters. The number of aryl methyl sites for hydroxylation is 1. The Labute approximate surface area is 171 Å². The Morgan fingerprint density at radius 2 is 2.07 bits per heavy atom. The standard InChI is InChI=1S/C20H21F3N4O3/c1-11-5-4-6-15(12(11)2)16-8-24-18(25-17(16)20(21,22)23)19(29)27-9-13(26-30-3)7-14(27)10-28/h4-6,8,14,28H,7,9-10H2,1-3H3. The molecule has 30 heavy (non-hydrogen) atoms. The van der Waals surface area contributed by atoms with E-state index in [1.807, 2.05) is 0 Å². The van der Waals surface area contributed by atoms with Crippen molar-refractivity contribution in [3.63, 3.8) is 0 Å². The van der Waals surface area contributed by atoms with Crippen LogP contribution in [0.3, 0.4) is 0 Å². The highest BCUT2D eigenvalue weighted by atomic mass is 19.4. The van der Waals surface area contributed by atoms with E-state index in [-0.39, 0.29) is 25.1 Å². The molecule has 1 fully saturated rings. The lowest BCUT2D eigenvalue weighted by Gasteiger charge is -2.22. The maximum atomic E-state index is 13.8. The van der Waals surface area contributed by atoms with Gasteiger partial charge in [0, 0.05) is 18.2 Å². The van der Waals surface area contributed by atoms with Crippen LogP contribution in [0.1, 0.15) is 33.9 Å². The van der Waals surface area contributed by atoms with Crippen LogP contribution in [0, 0.1) is 13.8 Å². The lowest BCUT2D eigenvalue weighted by Crippen LogP contribution is -2.39. The second kappa shape index (κ2) is 8.39. The van der Waals surface area contributed by atoms with Crippen molar-refractivity contribution in [3.05, 3.63) is 47.0 Å².